The van der Waals surface area contributed by atoms with Gasteiger partial charge < -0.3 is 4.74 Å². The van der Waals surface area contributed by atoms with E-state index in [0.717, 1.165) is 16.7 Å². The van der Waals surface area contributed by atoms with Gasteiger partial charge in [0.2, 0.25) is 0 Å². The molecule has 0 saturated heterocycles. The van der Waals surface area contributed by atoms with Gasteiger partial charge in [-0.05, 0) is 44.4 Å². The number of aryl methyl sites for hydroxylation is 2. The maximum Gasteiger partial charge on any atom is 0.321 e. The molecule has 0 N–H and O–H groups in total. The fourth-order valence-electron chi connectivity index (χ4n) is 2.00. The van der Waals surface area contributed by atoms with Gasteiger partial charge in [-0.25, -0.2) is 0 Å². The average Bonchev–Trinajstić information content (AvgIpc) is 2.23. The fraction of sp³-hybridized carbons (Fsp3) is 0.429. The smallest absolute Gasteiger partial charge is 0.321 e. The first-order valence-electron chi connectivity index (χ1n) is 5.72. The molecule has 0 radical (unpaired) electrons. The zero-order valence-corrected chi connectivity index (χ0v) is 10.7. The molecule has 17 heavy (non-hydrogen) atoms. The molecule has 3 heteroatoms. The number of ether oxygens (including phenoxy) is 1. The van der Waals surface area contributed by atoms with Crippen molar-refractivity contribution in [1.29, 1.82) is 0 Å². The van der Waals surface area contributed by atoms with Gasteiger partial charge in [0, 0.05) is 0 Å². The molecule has 0 aromatic heterocycles. The minimum Gasteiger partial charge on any atom is -0.465 e. The Morgan fingerprint density at radius 1 is 1.24 bits per heavy atom. The van der Waals surface area contributed by atoms with Crippen molar-refractivity contribution in [2.24, 2.45) is 0 Å². The molecule has 0 fully saturated rings. The van der Waals surface area contributed by atoms with Gasteiger partial charge in [0.05, 0.1) is 6.61 Å². The van der Waals surface area contributed by atoms with Crippen molar-refractivity contribution in [3.05, 3.63) is 34.9 Å². The lowest BCUT2D eigenvalue weighted by molar-refractivity contribution is -0.147. The van der Waals surface area contributed by atoms with Crippen molar-refractivity contribution in [2.45, 2.75) is 33.6 Å². The first-order valence-corrected chi connectivity index (χ1v) is 5.72. The standard InChI is InChI=1S/C14H18O3/c1-5-17-14(16)13(11(4)15)12-9(2)7-6-8-10(12)3/h6-8,13H,5H2,1-4H3. The van der Waals surface area contributed by atoms with Crippen LogP contribution in [0.25, 0.3) is 0 Å². The summed E-state index contributed by atoms with van der Waals surface area (Å²) < 4.78 is 4.97. The Morgan fingerprint density at radius 2 is 1.76 bits per heavy atom. The Balaban J connectivity index is 3.23. The third-order valence-corrected chi connectivity index (χ3v) is 2.76. The van der Waals surface area contributed by atoms with Gasteiger partial charge in [0.1, 0.15) is 11.7 Å². The lowest BCUT2D eigenvalue weighted by atomic mass is 9.88. The largest absolute Gasteiger partial charge is 0.465 e. The lowest BCUT2D eigenvalue weighted by Crippen LogP contribution is -2.24. The molecular weight excluding hydrogens is 216 g/mol. The quantitative estimate of drug-likeness (QED) is 0.594. The number of hydrogen-bond donors (Lipinski definition) is 0. The highest BCUT2D eigenvalue weighted by atomic mass is 16.5. The van der Waals surface area contributed by atoms with Crippen molar-refractivity contribution >= 4 is 11.8 Å². The van der Waals surface area contributed by atoms with Gasteiger partial charge in [0.25, 0.3) is 0 Å². The summed E-state index contributed by atoms with van der Waals surface area (Å²) in [6, 6.07) is 5.71. The summed E-state index contributed by atoms with van der Waals surface area (Å²) in [5.74, 6) is -1.44. The van der Waals surface area contributed by atoms with E-state index in [1.807, 2.05) is 32.0 Å². The number of benzene rings is 1. The van der Waals surface area contributed by atoms with E-state index in [1.54, 1.807) is 6.92 Å². The second-order valence-corrected chi connectivity index (χ2v) is 4.10. The molecule has 0 heterocycles. The maximum absolute atomic E-state index is 11.8. The van der Waals surface area contributed by atoms with E-state index in [0.29, 0.717) is 0 Å². The Morgan fingerprint density at radius 3 is 2.18 bits per heavy atom. The molecule has 0 aliphatic rings. The van der Waals surface area contributed by atoms with Gasteiger partial charge in [0.15, 0.2) is 0 Å². The molecule has 1 aromatic carbocycles. The third-order valence-electron chi connectivity index (χ3n) is 2.76. The minimum absolute atomic E-state index is 0.180. The molecule has 1 atom stereocenters. The van der Waals surface area contributed by atoms with Crippen molar-refractivity contribution in [1.82, 2.24) is 0 Å². The van der Waals surface area contributed by atoms with Crippen LogP contribution in [0, 0.1) is 13.8 Å². The van der Waals surface area contributed by atoms with Gasteiger partial charge in [-0.1, -0.05) is 18.2 Å². The van der Waals surface area contributed by atoms with Crippen molar-refractivity contribution in [2.75, 3.05) is 6.61 Å². The van der Waals surface area contributed by atoms with Gasteiger partial charge >= 0.3 is 5.97 Å². The van der Waals surface area contributed by atoms with Crippen LogP contribution in [0.3, 0.4) is 0 Å². The molecule has 1 aromatic rings. The average molecular weight is 234 g/mol. The van der Waals surface area contributed by atoms with Crippen LogP contribution in [0.2, 0.25) is 0 Å². The van der Waals surface area contributed by atoms with Gasteiger partial charge in [-0.15, -0.1) is 0 Å². The Kier molecular flexibility index (Phi) is 4.44. The van der Waals surface area contributed by atoms with E-state index in [9.17, 15) is 9.59 Å². The highest BCUT2D eigenvalue weighted by Crippen LogP contribution is 2.25. The van der Waals surface area contributed by atoms with Crippen molar-refractivity contribution in [3.63, 3.8) is 0 Å². The number of esters is 1. The van der Waals surface area contributed by atoms with E-state index in [2.05, 4.69) is 0 Å². The fourth-order valence-corrected chi connectivity index (χ4v) is 2.00. The molecule has 0 aliphatic carbocycles. The van der Waals surface area contributed by atoms with Gasteiger partial charge in [-0.3, -0.25) is 9.59 Å². The van der Waals surface area contributed by atoms with Crippen LogP contribution in [0.1, 0.15) is 36.5 Å². The Bertz CT molecular complexity index is 415. The van der Waals surface area contributed by atoms with E-state index in [1.165, 1.54) is 6.92 Å². The molecule has 1 unspecified atom stereocenters. The third kappa shape index (κ3) is 2.93. The van der Waals surface area contributed by atoms with Crippen molar-refractivity contribution < 1.29 is 14.3 Å². The zero-order valence-electron chi connectivity index (χ0n) is 10.7. The lowest BCUT2D eigenvalue weighted by Gasteiger charge is -2.17. The number of carbonyl (C=O) groups excluding carboxylic acids is 2. The predicted molar refractivity (Wildman–Crippen MR) is 66.0 cm³/mol. The SMILES string of the molecule is CCOC(=O)C(C(C)=O)c1c(C)cccc1C. The van der Waals surface area contributed by atoms with Gasteiger partial charge in [-0.2, -0.15) is 0 Å². The topological polar surface area (TPSA) is 43.4 Å². The second-order valence-electron chi connectivity index (χ2n) is 4.10. The predicted octanol–water partition coefficient (Wildman–Crippen LogP) is 2.54. The van der Waals surface area contributed by atoms with E-state index in [4.69, 9.17) is 4.74 Å². The highest BCUT2D eigenvalue weighted by Gasteiger charge is 2.29. The number of Topliss-reactive ketones (excluding diaryl/α,β-unsaturated/α-hetero) is 1. The van der Waals surface area contributed by atoms with E-state index >= 15 is 0 Å². The molecular formula is C14H18O3. The molecule has 92 valence electrons. The molecule has 3 nitrogen and oxygen atoms in total. The highest BCUT2D eigenvalue weighted by molar-refractivity contribution is 6.03. The molecule has 0 bridgehead atoms. The molecule has 1 rings (SSSR count). The summed E-state index contributed by atoms with van der Waals surface area (Å²) in [7, 11) is 0. The van der Waals surface area contributed by atoms with Crippen LogP contribution in [-0.2, 0) is 14.3 Å². The normalized spacial score (nSPS) is 12.0. The first kappa shape index (κ1) is 13.4. The summed E-state index contributed by atoms with van der Waals surface area (Å²) in [6.45, 7) is 7.25. The monoisotopic (exact) mass is 234 g/mol. The molecule has 0 amide bonds. The molecule has 0 aliphatic heterocycles. The first-order chi connectivity index (χ1) is 7.99. The zero-order chi connectivity index (χ0) is 13.0. The van der Waals surface area contributed by atoms with Crippen LogP contribution in [0.4, 0.5) is 0 Å². The summed E-state index contributed by atoms with van der Waals surface area (Å²) in [5, 5.41) is 0. The summed E-state index contributed by atoms with van der Waals surface area (Å²) in [6.07, 6.45) is 0. The maximum atomic E-state index is 11.8. The van der Waals surface area contributed by atoms with Crippen LogP contribution >= 0.6 is 0 Å². The van der Waals surface area contributed by atoms with Crippen LogP contribution in [-0.4, -0.2) is 18.4 Å². The summed E-state index contributed by atoms with van der Waals surface area (Å²) >= 11 is 0. The number of rotatable bonds is 4. The molecule has 0 spiro atoms. The number of hydrogen-bond acceptors (Lipinski definition) is 3. The van der Waals surface area contributed by atoms with Crippen LogP contribution < -0.4 is 0 Å². The summed E-state index contributed by atoms with van der Waals surface area (Å²) in [4.78, 5) is 23.5. The molecule has 0 saturated carbocycles. The number of ketones is 1. The number of carbonyl (C=O) groups is 2. The summed E-state index contributed by atoms with van der Waals surface area (Å²) in [5.41, 5.74) is 2.66. The minimum atomic E-state index is -0.795. The van der Waals surface area contributed by atoms with Crippen LogP contribution in [0.5, 0.6) is 0 Å². The Hall–Kier alpha value is -1.64. The Labute approximate surface area is 102 Å². The van der Waals surface area contributed by atoms with E-state index < -0.39 is 11.9 Å². The van der Waals surface area contributed by atoms with Crippen molar-refractivity contribution in [3.8, 4) is 0 Å². The second kappa shape index (κ2) is 5.62. The van der Waals surface area contributed by atoms with Crippen LogP contribution in [0.15, 0.2) is 18.2 Å². The van der Waals surface area contributed by atoms with E-state index in [-0.39, 0.29) is 12.4 Å².